The summed E-state index contributed by atoms with van der Waals surface area (Å²) >= 11 is 0. The van der Waals surface area contributed by atoms with Crippen LogP contribution in [-0.4, -0.2) is 79.4 Å². The molecule has 0 heterocycles. The third kappa shape index (κ3) is 6.32. The van der Waals surface area contributed by atoms with Gasteiger partial charge in [0.25, 0.3) is 0 Å². The summed E-state index contributed by atoms with van der Waals surface area (Å²) in [5.41, 5.74) is -2.29. The van der Waals surface area contributed by atoms with Crippen molar-refractivity contribution in [2.24, 2.45) is 28.6 Å². The smallest absolute Gasteiger partial charge is 0.329 e. The highest BCUT2D eigenvalue weighted by molar-refractivity contribution is 5.92. The molecule has 48 heavy (non-hydrogen) atoms. The predicted molar refractivity (Wildman–Crippen MR) is 165 cm³/mol. The van der Waals surface area contributed by atoms with E-state index in [1.54, 1.807) is 6.08 Å². The molecule has 0 bridgehead atoms. The van der Waals surface area contributed by atoms with E-state index in [0.29, 0.717) is 19.3 Å². The molecule has 5 rings (SSSR count). The first-order valence-corrected chi connectivity index (χ1v) is 16.4. The van der Waals surface area contributed by atoms with Gasteiger partial charge in [-0.2, -0.15) is 5.23 Å². The molecule has 14 heteroatoms. The second kappa shape index (κ2) is 13.4. The molecule has 0 saturated heterocycles. The Kier molecular flexibility index (Phi) is 9.99. The van der Waals surface area contributed by atoms with Gasteiger partial charge in [0, 0.05) is 30.4 Å². The number of nitrogens with one attached hydrogen (secondary N) is 2. The summed E-state index contributed by atoms with van der Waals surface area (Å²) in [6.07, 6.45) is 1.55. The van der Waals surface area contributed by atoms with Crippen LogP contribution in [0.2, 0.25) is 0 Å². The summed E-state index contributed by atoms with van der Waals surface area (Å²) in [5.74, 6) is -4.12. The Balaban J connectivity index is 1.16. The number of hydrogen-bond donors (Lipinski definition) is 7. The van der Waals surface area contributed by atoms with Crippen LogP contribution in [0.4, 0.5) is 5.69 Å². The largest absolute Gasteiger partial charge is 0.595 e. The Labute approximate surface area is 277 Å². The minimum absolute atomic E-state index is 0.0475. The van der Waals surface area contributed by atoms with E-state index in [9.17, 15) is 49.6 Å². The number of aliphatic hydroxyl groups is 3. The van der Waals surface area contributed by atoms with E-state index in [1.807, 2.05) is 6.92 Å². The van der Waals surface area contributed by atoms with E-state index in [4.69, 9.17) is 9.94 Å². The van der Waals surface area contributed by atoms with Gasteiger partial charge in [-0.25, -0.2) is 10.0 Å². The fourth-order valence-electron chi connectivity index (χ4n) is 9.27. The molecule has 0 aromatic heterocycles. The van der Waals surface area contributed by atoms with Crippen molar-refractivity contribution in [2.75, 3.05) is 6.61 Å². The number of carboxylic acids is 1. The molecule has 1 aromatic carbocycles. The van der Waals surface area contributed by atoms with Gasteiger partial charge in [-0.3, -0.25) is 19.2 Å². The maximum atomic E-state index is 13.5. The zero-order chi connectivity index (χ0) is 35.2. The molecule has 262 valence electrons. The van der Waals surface area contributed by atoms with Gasteiger partial charge < -0.3 is 35.7 Å². The molecule has 0 spiro atoms. The van der Waals surface area contributed by atoms with Gasteiger partial charge in [-0.05, 0) is 73.3 Å². The minimum Gasteiger partial charge on any atom is -0.595 e. The molecule has 4 aliphatic rings. The lowest BCUT2D eigenvalue weighted by molar-refractivity contribution is -0.991. The van der Waals surface area contributed by atoms with Crippen molar-refractivity contribution in [2.45, 2.75) is 95.5 Å². The number of aliphatic hydroxyl groups excluding tert-OH is 2. The van der Waals surface area contributed by atoms with Crippen LogP contribution >= 0.6 is 0 Å². The monoisotopic (exact) mass is 672 g/mol. The number of allylic oxidation sites excluding steroid dienone is 1. The Hall–Kier alpha value is -3.53. The Morgan fingerprint density at radius 1 is 1.12 bits per heavy atom. The molecular formula is C34H44N2O12. The molecule has 0 radical (unpaired) electrons. The molecule has 4 aliphatic carbocycles. The number of quaternary nitrogens is 1. The summed E-state index contributed by atoms with van der Waals surface area (Å²) < 4.78 is 5.14. The van der Waals surface area contributed by atoms with Crippen LogP contribution in [0.5, 0.6) is 0 Å². The van der Waals surface area contributed by atoms with Gasteiger partial charge in [0.2, 0.25) is 11.7 Å². The second-order valence-corrected chi connectivity index (χ2v) is 14.3. The van der Waals surface area contributed by atoms with Crippen LogP contribution in [0.1, 0.15) is 83.3 Å². The molecule has 1 unspecified atom stereocenters. The van der Waals surface area contributed by atoms with Gasteiger partial charge in [0.1, 0.15) is 11.7 Å². The number of esters is 1. The van der Waals surface area contributed by atoms with Gasteiger partial charge in [0.05, 0.1) is 12.5 Å². The maximum absolute atomic E-state index is 13.5. The fraction of sp³-hybridized carbons (Fsp3) is 0.618. The molecule has 10 atom stereocenters. The Bertz CT molecular complexity index is 1510. The quantitative estimate of drug-likeness (QED) is 0.128. The van der Waals surface area contributed by atoms with E-state index < -0.39 is 77.6 Å². The molecule has 7 N–H and O–H groups in total. The summed E-state index contributed by atoms with van der Waals surface area (Å²) in [7, 11) is 0. The van der Waals surface area contributed by atoms with E-state index in [2.05, 4.69) is 12.2 Å². The van der Waals surface area contributed by atoms with Crippen molar-refractivity contribution in [1.82, 2.24) is 5.32 Å². The molecule has 3 fully saturated rings. The lowest BCUT2D eigenvalue weighted by atomic mass is 9.45. The SMILES string of the molecule is C[C@]12CCC(=O)C=C1CC[C@H]1[C@@H]2[C@@H](O)C[C@]2(C)[C@H]1CC[C@]2(O)C(=O)COC(=O)CCC(=O)N[C@H](C(=O)O)[C@@H](O)c1cccc([NH+]([O-])O)c1. The van der Waals surface area contributed by atoms with E-state index in [-0.39, 0.29) is 53.0 Å². The Morgan fingerprint density at radius 2 is 1.85 bits per heavy atom. The van der Waals surface area contributed by atoms with Crippen molar-refractivity contribution in [3.8, 4) is 0 Å². The third-order valence-electron chi connectivity index (χ3n) is 11.8. The van der Waals surface area contributed by atoms with E-state index >= 15 is 0 Å². The number of carbonyl (C=O) groups excluding carboxylic acids is 4. The van der Waals surface area contributed by atoms with Gasteiger partial charge in [0.15, 0.2) is 24.1 Å². The second-order valence-electron chi connectivity index (χ2n) is 14.3. The number of carbonyl (C=O) groups is 5. The molecule has 0 aliphatic heterocycles. The zero-order valence-electron chi connectivity index (χ0n) is 27.0. The van der Waals surface area contributed by atoms with Crippen LogP contribution in [0, 0.1) is 33.8 Å². The summed E-state index contributed by atoms with van der Waals surface area (Å²) in [4.78, 5) is 62.4. The number of rotatable bonds is 11. The topological polar surface area (TPSA) is 235 Å². The van der Waals surface area contributed by atoms with Gasteiger partial charge in [-0.15, -0.1) is 0 Å². The number of benzene rings is 1. The van der Waals surface area contributed by atoms with E-state index in [0.717, 1.165) is 24.5 Å². The first kappa shape index (κ1) is 35.8. The zero-order valence-corrected chi connectivity index (χ0v) is 27.0. The van der Waals surface area contributed by atoms with E-state index in [1.165, 1.54) is 18.2 Å². The number of carboxylic acid groups (broad SMARTS) is 1. The number of ketones is 2. The normalized spacial score (nSPS) is 34.4. The van der Waals surface area contributed by atoms with Crippen molar-refractivity contribution in [3.05, 3.63) is 46.7 Å². The van der Waals surface area contributed by atoms with Crippen LogP contribution < -0.4 is 10.5 Å². The molecule has 14 nitrogen and oxygen atoms in total. The standard InChI is InChI=1S/C34H44N2O12/c1-32-12-10-21(37)15-19(32)6-7-22-23-11-13-34(45,33(23,2)16-24(38)28(22)32)25(39)17-48-27(41)9-8-26(40)35-29(31(43)44)30(42)18-4-3-5-20(14-18)36(46)47/h3-5,14-15,22-24,28-30,36,38,42,45-46H,6-13,16-17H2,1-2H3,(H,35,40)(H,43,44)/t22-,23+,24+,28-,29+,30+,32+,33-,34+/m1/s1. The first-order chi connectivity index (χ1) is 22.5. The van der Waals surface area contributed by atoms with Gasteiger partial charge >= 0.3 is 11.9 Å². The average molecular weight is 673 g/mol. The van der Waals surface area contributed by atoms with Crippen LogP contribution in [0.3, 0.4) is 0 Å². The Morgan fingerprint density at radius 3 is 2.54 bits per heavy atom. The van der Waals surface area contributed by atoms with Crippen LogP contribution in [0.15, 0.2) is 35.9 Å². The number of hydrogen-bond acceptors (Lipinski definition) is 11. The maximum Gasteiger partial charge on any atom is 0.329 e. The third-order valence-corrected chi connectivity index (χ3v) is 11.8. The van der Waals surface area contributed by atoms with Crippen LogP contribution in [0.25, 0.3) is 0 Å². The fourth-order valence-corrected chi connectivity index (χ4v) is 9.27. The predicted octanol–water partition coefficient (Wildman–Crippen LogP) is 0.819. The number of fused-ring (bicyclic) bond motifs is 5. The summed E-state index contributed by atoms with van der Waals surface area (Å²) in [6.45, 7) is 3.19. The lowest BCUT2D eigenvalue weighted by Gasteiger charge is -2.60. The van der Waals surface area contributed by atoms with Crippen molar-refractivity contribution in [1.29, 1.82) is 0 Å². The highest BCUT2D eigenvalue weighted by Crippen LogP contribution is 2.67. The number of aliphatic carboxylic acids is 1. The number of ether oxygens (including phenoxy) is 1. The van der Waals surface area contributed by atoms with Crippen LogP contribution in [-0.2, 0) is 28.7 Å². The van der Waals surface area contributed by atoms with Crippen molar-refractivity contribution < 1.29 is 59.6 Å². The lowest BCUT2D eigenvalue weighted by Crippen LogP contribution is -2.99. The van der Waals surface area contributed by atoms with Gasteiger partial charge in [-0.1, -0.05) is 31.6 Å². The summed E-state index contributed by atoms with van der Waals surface area (Å²) in [5, 5.41) is 64.7. The first-order valence-electron chi connectivity index (χ1n) is 16.4. The van der Waals surface area contributed by atoms with Crippen molar-refractivity contribution in [3.63, 3.8) is 0 Å². The molecule has 1 amide bonds. The van der Waals surface area contributed by atoms with Crippen molar-refractivity contribution >= 4 is 35.1 Å². The number of Topliss-reactive ketones (excluding diaryl/α,β-unsaturated/α-hetero) is 1. The number of amides is 1. The molecular weight excluding hydrogens is 628 g/mol. The highest BCUT2D eigenvalue weighted by Gasteiger charge is 2.68. The molecule has 1 aromatic rings. The summed E-state index contributed by atoms with van der Waals surface area (Å²) in [6, 6.07) is 3.12. The average Bonchev–Trinajstić information content (AvgIpc) is 3.31. The highest BCUT2D eigenvalue weighted by atomic mass is 16.8. The molecule has 3 saturated carbocycles. The minimum atomic E-state index is -1.84.